The fourth-order valence-corrected chi connectivity index (χ4v) is 1.55. The maximum absolute atomic E-state index is 11.0. The lowest BCUT2D eigenvalue weighted by molar-refractivity contribution is -0.131. The molecule has 0 aromatic heterocycles. The number of carbonyl (C=O) groups excluding carboxylic acids is 1. The Morgan fingerprint density at radius 1 is 1.38 bits per heavy atom. The molecular formula is C10H11NO2. The lowest BCUT2D eigenvalue weighted by atomic mass is 10.1. The first-order valence-corrected chi connectivity index (χ1v) is 4.18. The van der Waals surface area contributed by atoms with Crippen LogP contribution in [0.15, 0.2) is 18.2 Å². The average Bonchev–Trinajstić information content (AvgIpc) is 2.43. The third-order valence-corrected chi connectivity index (χ3v) is 2.14. The molecule has 1 aliphatic heterocycles. The Balaban J connectivity index is 2.51. The topological polar surface area (TPSA) is 29.5 Å². The molecule has 3 heteroatoms. The fourth-order valence-electron chi connectivity index (χ4n) is 1.55. The third kappa shape index (κ3) is 1.26. The van der Waals surface area contributed by atoms with Gasteiger partial charge in [-0.15, -0.1) is 0 Å². The summed E-state index contributed by atoms with van der Waals surface area (Å²) >= 11 is 0. The maximum Gasteiger partial charge on any atom is 0.315 e. The summed E-state index contributed by atoms with van der Waals surface area (Å²) in [5, 5.41) is 0. The third-order valence-electron chi connectivity index (χ3n) is 2.14. The van der Waals surface area contributed by atoms with Crippen LogP contribution in [0.1, 0.15) is 5.56 Å². The van der Waals surface area contributed by atoms with Crippen molar-refractivity contribution in [2.45, 2.75) is 6.42 Å². The van der Waals surface area contributed by atoms with Crippen LogP contribution >= 0.6 is 0 Å². The second kappa shape index (κ2) is 2.76. The molecule has 0 radical (unpaired) electrons. The van der Waals surface area contributed by atoms with Crippen molar-refractivity contribution < 1.29 is 9.53 Å². The van der Waals surface area contributed by atoms with Crippen molar-refractivity contribution in [3.05, 3.63) is 23.8 Å². The van der Waals surface area contributed by atoms with Gasteiger partial charge in [-0.2, -0.15) is 0 Å². The number of hydrogen-bond acceptors (Lipinski definition) is 3. The van der Waals surface area contributed by atoms with Crippen LogP contribution in [0.3, 0.4) is 0 Å². The molecule has 0 N–H and O–H groups in total. The van der Waals surface area contributed by atoms with E-state index in [4.69, 9.17) is 4.74 Å². The molecule has 0 spiro atoms. The van der Waals surface area contributed by atoms with Crippen LogP contribution in [-0.4, -0.2) is 20.1 Å². The van der Waals surface area contributed by atoms with Gasteiger partial charge < -0.3 is 9.64 Å². The number of esters is 1. The largest absolute Gasteiger partial charge is 0.426 e. The van der Waals surface area contributed by atoms with Gasteiger partial charge in [-0.05, 0) is 12.1 Å². The van der Waals surface area contributed by atoms with Crippen molar-refractivity contribution in [1.82, 2.24) is 0 Å². The molecule has 0 aliphatic carbocycles. The zero-order valence-corrected chi connectivity index (χ0v) is 7.70. The van der Waals surface area contributed by atoms with Gasteiger partial charge in [0.15, 0.2) is 0 Å². The maximum atomic E-state index is 11.0. The highest BCUT2D eigenvalue weighted by Gasteiger charge is 2.23. The van der Waals surface area contributed by atoms with Crippen LogP contribution in [0.25, 0.3) is 0 Å². The summed E-state index contributed by atoms with van der Waals surface area (Å²) in [6.45, 7) is 0. The predicted octanol–water partition coefficient (Wildman–Crippen LogP) is 1.21. The number of carbonyl (C=O) groups is 1. The summed E-state index contributed by atoms with van der Waals surface area (Å²) in [5.74, 6) is 0.542. The summed E-state index contributed by atoms with van der Waals surface area (Å²) in [6.07, 6.45) is 0.393. The van der Waals surface area contributed by atoms with Crippen LogP contribution < -0.4 is 9.64 Å². The normalized spacial score (nSPS) is 13.8. The van der Waals surface area contributed by atoms with Gasteiger partial charge in [0.1, 0.15) is 5.75 Å². The number of anilines is 1. The van der Waals surface area contributed by atoms with E-state index in [9.17, 15) is 4.79 Å². The number of benzene rings is 1. The highest BCUT2D eigenvalue weighted by atomic mass is 16.5. The number of ether oxygens (including phenoxy) is 1. The van der Waals surface area contributed by atoms with Crippen molar-refractivity contribution in [2.24, 2.45) is 0 Å². The predicted molar refractivity (Wildman–Crippen MR) is 50.1 cm³/mol. The van der Waals surface area contributed by atoms with E-state index in [1.807, 2.05) is 37.2 Å². The van der Waals surface area contributed by atoms with Gasteiger partial charge in [0.2, 0.25) is 0 Å². The minimum Gasteiger partial charge on any atom is -0.426 e. The molecule has 2 rings (SSSR count). The van der Waals surface area contributed by atoms with Crippen molar-refractivity contribution in [3.8, 4) is 5.75 Å². The second-order valence-electron chi connectivity index (χ2n) is 3.30. The van der Waals surface area contributed by atoms with Crippen molar-refractivity contribution in [2.75, 3.05) is 19.0 Å². The number of hydrogen-bond donors (Lipinski definition) is 0. The zero-order valence-electron chi connectivity index (χ0n) is 7.70. The van der Waals surface area contributed by atoms with Gasteiger partial charge in [0.25, 0.3) is 0 Å². The molecule has 13 heavy (non-hydrogen) atoms. The summed E-state index contributed by atoms with van der Waals surface area (Å²) in [7, 11) is 3.91. The molecule has 0 saturated heterocycles. The Labute approximate surface area is 76.9 Å². The van der Waals surface area contributed by atoms with E-state index in [2.05, 4.69) is 0 Å². The van der Waals surface area contributed by atoms with Crippen LogP contribution in [-0.2, 0) is 11.2 Å². The lowest BCUT2D eigenvalue weighted by Gasteiger charge is -2.14. The minimum absolute atomic E-state index is 0.163. The van der Waals surface area contributed by atoms with Gasteiger partial charge in [0, 0.05) is 25.3 Å². The van der Waals surface area contributed by atoms with Gasteiger partial charge in [-0.3, -0.25) is 4.79 Å². The van der Waals surface area contributed by atoms with Crippen molar-refractivity contribution >= 4 is 11.7 Å². The van der Waals surface area contributed by atoms with Gasteiger partial charge in [0.05, 0.1) is 6.42 Å². The molecule has 0 saturated carbocycles. The molecule has 1 aromatic carbocycles. The monoisotopic (exact) mass is 177 g/mol. The summed E-state index contributed by atoms with van der Waals surface area (Å²) in [5.41, 5.74) is 2.06. The summed E-state index contributed by atoms with van der Waals surface area (Å²) < 4.78 is 5.03. The molecule has 1 aliphatic rings. The Bertz CT molecular complexity index is 358. The van der Waals surface area contributed by atoms with Crippen LogP contribution in [0.4, 0.5) is 5.69 Å². The molecule has 0 bridgehead atoms. The smallest absolute Gasteiger partial charge is 0.315 e. The molecule has 1 heterocycles. The van der Waals surface area contributed by atoms with Gasteiger partial charge >= 0.3 is 5.97 Å². The number of fused-ring (bicyclic) bond motifs is 1. The van der Waals surface area contributed by atoms with E-state index in [0.29, 0.717) is 12.2 Å². The van der Waals surface area contributed by atoms with Crippen LogP contribution in [0.5, 0.6) is 5.75 Å². The summed E-state index contributed by atoms with van der Waals surface area (Å²) in [4.78, 5) is 13.0. The van der Waals surface area contributed by atoms with E-state index < -0.39 is 0 Å². The van der Waals surface area contributed by atoms with Crippen LogP contribution in [0.2, 0.25) is 0 Å². The fraction of sp³-hybridized carbons (Fsp3) is 0.300. The molecule has 3 nitrogen and oxygen atoms in total. The van der Waals surface area contributed by atoms with Gasteiger partial charge in [-0.25, -0.2) is 0 Å². The molecule has 0 atom stereocenters. The van der Waals surface area contributed by atoms with E-state index in [0.717, 1.165) is 11.3 Å². The quantitative estimate of drug-likeness (QED) is 0.477. The molecular weight excluding hydrogens is 166 g/mol. The highest BCUT2D eigenvalue weighted by molar-refractivity contribution is 5.84. The Kier molecular flexibility index (Phi) is 1.72. The van der Waals surface area contributed by atoms with E-state index in [-0.39, 0.29) is 5.97 Å². The Morgan fingerprint density at radius 3 is 2.85 bits per heavy atom. The number of nitrogens with zero attached hydrogens (tertiary/aromatic N) is 1. The second-order valence-corrected chi connectivity index (χ2v) is 3.30. The Morgan fingerprint density at radius 2 is 2.15 bits per heavy atom. The van der Waals surface area contributed by atoms with Crippen LogP contribution in [0, 0.1) is 0 Å². The lowest BCUT2D eigenvalue weighted by Crippen LogP contribution is -2.10. The van der Waals surface area contributed by atoms with Crippen molar-refractivity contribution in [1.29, 1.82) is 0 Å². The van der Waals surface area contributed by atoms with E-state index in [1.165, 1.54) is 0 Å². The molecule has 0 amide bonds. The van der Waals surface area contributed by atoms with E-state index in [1.54, 1.807) is 0 Å². The average molecular weight is 177 g/mol. The van der Waals surface area contributed by atoms with E-state index >= 15 is 0 Å². The first-order chi connectivity index (χ1) is 6.18. The molecule has 68 valence electrons. The van der Waals surface area contributed by atoms with Gasteiger partial charge in [-0.1, -0.05) is 6.07 Å². The molecule has 1 aromatic rings. The first-order valence-electron chi connectivity index (χ1n) is 4.18. The minimum atomic E-state index is -0.163. The first kappa shape index (κ1) is 8.10. The number of rotatable bonds is 1. The zero-order chi connectivity index (χ0) is 9.42. The molecule has 0 fully saturated rings. The SMILES string of the molecule is CN(C)c1cccc2c1CC(=O)O2. The highest BCUT2D eigenvalue weighted by Crippen LogP contribution is 2.33. The summed E-state index contributed by atoms with van der Waals surface area (Å²) in [6, 6.07) is 5.71. The standard InChI is InChI=1S/C10H11NO2/c1-11(2)8-4-3-5-9-7(8)6-10(12)13-9/h3-5H,6H2,1-2H3. The Hall–Kier alpha value is -1.51. The van der Waals surface area contributed by atoms with Crippen molar-refractivity contribution in [3.63, 3.8) is 0 Å². The molecule has 0 unspecified atom stereocenters.